The third-order valence-electron chi connectivity index (χ3n) is 3.96. The van der Waals surface area contributed by atoms with Crippen molar-refractivity contribution in [1.29, 1.82) is 0 Å². The Balaban J connectivity index is 1.97. The first kappa shape index (κ1) is 14.4. The van der Waals surface area contributed by atoms with E-state index in [9.17, 15) is 9.90 Å². The summed E-state index contributed by atoms with van der Waals surface area (Å²) in [5, 5.41) is 9.33. The van der Waals surface area contributed by atoms with E-state index in [-0.39, 0.29) is 0 Å². The minimum Gasteiger partial charge on any atom is -0.478 e. The molecule has 0 unspecified atom stereocenters. The van der Waals surface area contributed by atoms with Crippen LogP contribution in [-0.4, -0.2) is 32.6 Å². The van der Waals surface area contributed by atoms with Crippen LogP contribution in [0.2, 0.25) is 0 Å². The molecule has 1 heterocycles. The molecule has 21 heavy (non-hydrogen) atoms. The molecule has 0 saturated heterocycles. The van der Waals surface area contributed by atoms with Gasteiger partial charge in [0.1, 0.15) is 11.3 Å². The molecule has 5 heteroatoms. The van der Waals surface area contributed by atoms with Gasteiger partial charge < -0.3 is 9.67 Å². The van der Waals surface area contributed by atoms with Gasteiger partial charge in [-0.1, -0.05) is 6.07 Å². The molecule has 1 aromatic carbocycles. The standard InChI is InChI=1S/C16H20N2O2S/c1-21-10-3-2-9-18-13-6-4-5-12(16(19)20)14(13)17-15(18)11-7-8-11/h4-6,11H,2-3,7-10H2,1H3,(H,19,20). The highest BCUT2D eigenvalue weighted by Crippen LogP contribution is 2.41. The number of aromatic nitrogens is 2. The molecule has 0 atom stereocenters. The van der Waals surface area contributed by atoms with Crippen molar-refractivity contribution in [3.8, 4) is 0 Å². The summed E-state index contributed by atoms with van der Waals surface area (Å²) in [7, 11) is 0. The summed E-state index contributed by atoms with van der Waals surface area (Å²) in [6.45, 7) is 0.936. The van der Waals surface area contributed by atoms with Gasteiger partial charge in [0.05, 0.1) is 11.1 Å². The van der Waals surface area contributed by atoms with Crippen molar-refractivity contribution in [2.75, 3.05) is 12.0 Å². The lowest BCUT2D eigenvalue weighted by Gasteiger charge is -2.08. The number of aromatic carboxylic acids is 1. The number of aryl methyl sites for hydroxylation is 1. The number of fused-ring (bicyclic) bond motifs is 1. The molecule has 3 rings (SSSR count). The molecule has 0 radical (unpaired) electrons. The predicted octanol–water partition coefficient (Wildman–Crippen LogP) is 3.76. The normalized spacial score (nSPS) is 14.7. The summed E-state index contributed by atoms with van der Waals surface area (Å²) in [4.78, 5) is 16.0. The summed E-state index contributed by atoms with van der Waals surface area (Å²) in [5.74, 6) is 1.89. The number of imidazole rings is 1. The molecule has 0 amide bonds. The smallest absolute Gasteiger partial charge is 0.337 e. The van der Waals surface area contributed by atoms with Crippen molar-refractivity contribution in [3.05, 3.63) is 29.6 Å². The fourth-order valence-electron chi connectivity index (χ4n) is 2.74. The van der Waals surface area contributed by atoms with Gasteiger partial charge in [0.15, 0.2) is 0 Å². The number of hydrogen-bond acceptors (Lipinski definition) is 3. The average molecular weight is 304 g/mol. The van der Waals surface area contributed by atoms with Gasteiger partial charge >= 0.3 is 5.97 Å². The Morgan fingerprint density at radius 2 is 2.24 bits per heavy atom. The van der Waals surface area contributed by atoms with E-state index in [1.54, 1.807) is 6.07 Å². The van der Waals surface area contributed by atoms with Crippen LogP contribution in [0.4, 0.5) is 0 Å². The van der Waals surface area contributed by atoms with Crippen molar-refractivity contribution in [1.82, 2.24) is 9.55 Å². The molecule has 1 aliphatic carbocycles. The molecule has 1 N–H and O–H groups in total. The van der Waals surface area contributed by atoms with E-state index in [4.69, 9.17) is 0 Å². The summed E-state index contributed by atoms with van der Waals surface area (Å²) in [6, 6.07) is 5.46. The first-order valence-corrected chi connectivity index (χ1v) is 8.83. The number of nitrogens with zero attached hydrogens (tertiary/aromatic N) is 2. The summed E-state index contributed by atoms with van der Waals surface area (Å²) in [5.41, 5.74) is 1.94. The monoisotopic (exact) mass is 304 g/mol. The third-order valence-corrected chi connectivity index (χ3v) is 4.66. The predicted molar refractivity (Wildman–Crippen MR) is 86.3 cm³/mol. The van der Waals surface area contributed by atoms with Crippen LogP contribution < -0.4 is 0 Å². The molecule has 1 fully saturated rings. The van der Waals surface area contributed by atoms with Gasteiger partial charge in [-0.05, 0) is 49.8 Å². The zero-order chi connectivity index (χ0) is 14.8. The van der Waals surface area contributed by atoms with Crippen molar-refractivity contribution in [2.24, 2.45) is 0 Å². The largest absolute Gasteiger partial charge is 0.478 e. The first-order valence-electron chi connectivity index (χ1n) is 7.43. The average Bonchev–Trinajstić information content (AvgIpc) is 3.25. The lowest BCUT2D eigenvalue weighted by molar-refractivity contribution is 0.0699. The van der Waals surface area contributed by atoms with Crippen LogP contribution in [0.15, 0.2) is 18.2 Å². The highest BCUT2D eigenvalue weighted by atomic mass is 32.2. The van der Waals surface area contributed by atoms with Gasteiger partial charge in [0, 0.05) is 12.5 Å². The second kappa shape index (κ2) is 6.10. The molecule has 0 bridgehead atoms. The summed E-state index contributed by atoms with van der Waals surface area (Å²) in [6.07, 6.45) is 6.78. The Hall–Kier alpha value is -1.49. The topological polar surface area (TPSA) is 55.1 Å². The fraction of sp³-hybridized carbons (Fsp3) is 0.500. The molecule has 1 saturated carbocycles. The Morgan fingerprint density at radius 3 is 2.90 bits per heavy atom. The number of para-hydroxylation sites is 1. The van der Waals surface area contributed by atoms with Crippen LogP contribution in [0.1, 0.15) is 47.8 Å². The van der Waals surface area contributed by atoms with E-state index in [0.29, 0.717) is 17.0 Å². The molecule has 2 aromatic rings. The lowest BCUT2D eigenvalue weighted by Crippen LogP contribution is -2.03. The van der Waals surface area contributed by atoms with Gasteiger partial charge in [-0.3, -0.25) is 0 Å². The molecule has 0 spiro atoms. The summed E-state index contributed by atoms with van der Waals surface area (Å²) >= 11 is 1.87. The SMILES string of the molecule is CSCCCCn1c(C2CC2)nc2c(C(=O)O)cccc21. The highest BCUT2D eigenvalue weighted by molar-refractivity contribution is 7.98. The van der Waals surface area contributed by atoms with Crippen LogP contribution in [0.25, 0.3) is 11.0 Å². The van der Waals surface area contributed by atoms with Crippen molar-refractivity contribution in [2.45, 2.75) is 38.1 Å². The number of carboxylic acids is 1. The van der Waals surface area contributed by atoms with Gasteiger partial charge in [-0.2, -0.15) is 11.8 Å². The molecular formula is C16H20N2O2S. The van der Waals surface area contributed by atoms with Gasteiger partial charge in [0.2, 0.25) is 0 Å². The molecular weight excluding hydrogens is 284 g/mol. The van der Waals surface area contributed by atoms with E-state index in [1.165, 1.54) is 25.0 Å². The van der Waals surface area contributed by atoms with Gasteiger partial charge in [-0.25, -0.2) is 9.78 Å². The maximum Gasteiger partial charge on any atom is 0.337 e. The Morgan fingerprint density at radius 1 is 1.43 bits per heavy atom. The second-order valence-electron chi connectivity index (χ2n) is 5.57. The van der Waals surface area contributed by atoms with Crippen molar-refractivity contribution >= 4 is 28.8 Å². The molecule has 1 aromatic heterocycles. The number of unbranched alkanes of at least 4 members (excludes halogenated alkanes) is 1. The van der Waals surface area contributed by atoms with E-state index < -0.39 is 5.97 Å². The number of rotatable bonds is 7. The first-order chi connectivity index (χ1) is 10.2. The van der Waals surface area contributed by atoms with Gasteiger partial charge in [0.25, 0.3) is 0 Å². The number of carbonyl (C=O) groups is 1. The Labute approximate surface area is 128 Å². The molecule has 1 aliphatic rings. The maximum atomic E-state index is 11.4. The van der Waals surface area contributed by atoms with Gasteiger partial charge in [-0.15, -0.1) is 0 Å². The molecule has 112 valence electrons. The Kier molecular flexibility index (Phi) is 4.19. The minimum atomic E-state index is -0.894. The molecule has 0 aliphatic heterocycles. The zero-order valence-electron chi connectivity index (χ0n) is 12.2. The van der Waals surface area contributed by atoms with Crippen LogP contribution in [0.3, 0.4) is 0 Å². The highest BCUT2D eigenvalue weighted by Gasteiger charge is 2.30. The quantitative estimate of drug-likeness (QED) is 0.791. The third kappa shape index (κ3) is 2.93. The number of benzene rings is 1. The number of carboxylic acid groups (broad SMARTS) is 1. The number of hydrogen-bond donors (Lipinski definition) is 1. The second-order valence-corrected chi connectivity index (χ2v) is 6.56. The van der Waals surface area contributed by atoms with E-state index >= 15 is 0 Å². The van der Waals surface area contributed by atoms with Crippen LogP contribution in [0.5, 0.6) is 0 Å². The lowest BCUT2D eigenvalue weighted by atomic mass is 10.2. The van der Waals surface area contributed by atoms with Crippen LogP contribution in [0, 0.1) is 0 Å². The van der Waals surface area contributed by atoms with Crippen molar-refractivity contribution in [3.63, 3.8) is 0 Å². The van der Waals surface area contributed by atoms with E-state index in [1.807, 2.05) is 23.9 Å². The van der Waals surface area contributed by atoms with E-state index in [0.717, 1.165) is 24.3 Å². The van der Waals surface area contributed by atoms with E-state index in [2.05, 4.69) is 15.8 Å². The van der Waals surface area contributed by atoms with Crippen LogP contribution in [-0.2, 0) is 6.54 Å². The minimum absolute atomic E-state index is 0.317. The number of thioether (sulfide) groups is 1. The Bertz CT molecular complexity index is 662. The van der Waals surface area contributed by atoms with Crippen LogP contribution >= 0.6 is 11.8 Å². The fourth-order valence-corrected chi connectivity index (χ4v) is 3.23. The van der Waals surface area contributed by atoms with Crippen molar-refractivity contribution < 1.29 is 9.90 Å². The molecule has 4 nitrogen and oxygen atoms in total. The zero-order valence-corrected chi connectivity index (χ0v) is 13.0. The maximum absolute atomic E-state index is 11.4. The summed E-state index contributed by atoms with van der Waals surface area (Å²) < 4.78 is 2.25.